The number of hydrogen-bond donors (Lipinski definition) is 1. The van der Waals surface area contributed by atoms with Crippen molar-refractivity contribution >= 4 is 17.0 Å². The first-order valence-corrected chi connectivity index (χ1v) is 7.89. The molecule has 0 aliphatic heterocycles. The number of nitrogens with zero attached hydrogens (tertiary/aromatic N) is 3. The second-order valence-corrected chi connectivity index (χ2v) is 6.20. The number of imidazole rings is 1. The maximum Gasteiger partial charge on any atom is 0.341 e. The van der Waals surface area contributed by atoms with E-state index < -0.39 is 5.97 Å². The summed E-state index contributed by atoms with van der Waals surface area (Å²) in [5.74, 6) is -0.295. The van der Waals surface area contributed by atoms with Gasteiger partial charge in [-0.05, 0) is 42.5 Å². The van der Waals surface area contributed by atoms with Crippen LogP contribution in [0, 0.1) is 5.92 Å². The lowest BCUT2D eigenvalue weighted by Crippen LogP contribution is -2.07. The summed E-state index contributed by atoms with van der Waals surface area (Å²) in [5.41, 5.74) is 3.62. The Morgan fingerprint density at radius 2 is 2.12 bits per heavy atom. The maximum absolute atomic E-state index is 11.6. The molecule has 24 heavy (non-hydrogen) atoms. The molecule has 1 fully saturated rings. The van der Waals surface area contributed by atoms with Crippen molar-refractivity contribution in [3.63, 3.8) is 0 Å². The summed E-state index contributed by atoms with van der Waals surface area (Å²) in [7, 11) is 1.93. The van der Waals surface area contributed by atoms with E-state index >= 15 is 0 Å². The van der Waals surface area contributed by atoms with Gasteiger partial charge in [-0.3, -0.25) is 0 Å². The van der Waals surface area contributed by atoms with Gasteiger partial charge in [0.1, 0.15) is 5.56 Å². The number of benzene rings is 1. The zero-order valence-electron chi connectivity index (χ0n) is 13.3. The molecule has 0 bridgehead atoms. The van der Waals surface area contributed by atoms with E-state index in [1.54, 1.807) is 18.6 Å². The van der Waals surface area contributed by atoms with Crippen LogP contribution < -0.4 is 4.74 Å². The molecule has 122 valence electrons. The first-order chi connectivity index (χ1) is 11.6. The number of carboxylic acid groups (broad SMARTS) is 1. The number of carbonyl (C=O) groups is 1. The van der Waals surface area contributed by atoms with Gasteiger partial charge in [-0.1, -0.05) is 6.07 Å². The highest BCUT2D eigenvalue weighted by Gasteiger charge is 2.24. The molecule has 0 unspecified atom stereocenters. The van der Waals surface area contributed by atoms with E-state index in [9.17, 15) is 9.90 Å². The zero-order valence-corrected chi connectivity index (χ0v) is 13.3. The molecule has 0 radical (unpaired) electrons. The Morgan fingerprint density at radius 1 is 1.29 bits per heavy atom. The summed E-state index contributed by atoms with van der Waals surface area (Å²) < 4.78 is 7.51. The van der Waals surface area contributed by atoms with Gasteiger partial charge in [0.2, 0.25) is 5.88 Å². The van der Waals surface area contributed by atoms with Crippen molar-refractivity contribution in [2.45, 2.75) is 12.8 Å². The van der Waals surface area contributed by atoms with Crippen LogP contribution in [0.3, 0.4) is 0 Å². The minimum Gasteiger partial charge on any atom is -0.477 e. The van der Waals surface area contributed by atoms with Gasteiger partial charge in [-0.25, -0.2) is 14.8 Å². The zero-order chi connectivity index (χ0) is 16.7. The van der Waals surface area contributed by atoms with Crippen molar-refractivity contribution in [2.24, 2.45) is 13.0 Å². The lowest BCUT2D eigenvalue weighted by atomic mass is 10.0. The second kappa shape index (κ2) is 5.63. The van der Waals surface area contributed by atoms with Gasteiger partial charge in [-0.2, -0.15) is 0 Å². The van der Waals surface area contributed by atoms with Crippen molar-refractivity contribution < 1.29 is 14.6 Å². The molecule has 0 atom stereocenters. The van der Waals surface area contributed by atoms with Crippen LogP contribution in [-0.4, -0.2) is 32.2 Å². The number of aryl methyl sites for hydroxylation is 1. The summed E-state index contributed by atoms with van der Waals surface area (Å²) in [6, 6.07) is 7.44. The molecule has 6 heteroatoms. The molecule has 3 aromatic rings. The van der Waals surface area contributed by atoms with Crippen molar-refractivity contribution in [1.82, 2.24) is 14.5 Å². The van der Waals surface area contributed by atoms with E-state index in [4.69, 9.17) is 4.74 Å². The summed E-state index contributed by atoms with van der Waals surface area (Å²) in [5, 5.41) is 9.47. The van der Waals surface area contributed by atoms with Crippen LogP contribution in [0.15, 0.2) is 36.8 Å². The predicted molar refractivity (Wildman–Crippen MR) is 89.1 cm³/mol. The molecule has 6 nitrogen and oxygen atoms in total. The second-order valence-electron chi connectivity index (χ2n) is 6.20. The molecule has 0 spiro atoms. The Morgan fingerprint density at radius 3 is 2.88 bits per heavy atom. The monoisotopic (exact) mass is 323 g/mol. The first-order valence-electron chi connectivity index (χ1n) is 7.89. The van der Waals surface area contributed by atoms with Crippen LogP contribution in [0.5, 0.6) is 5.88 Å². The number of rotatable bonds is 5. The molecule has 1 aliphatic carbocycles. The predicted octanol–water partition coefficient (Wildman–Crippen LogP) is 3.12. The third kappa shape index (κ3) is 2.71. The first kappa shape index (κ1) is 14.7. The Balaban J connectivity index is 1.71. The normalized spacial score (nSPS) is 14.0. The molecule has 0 saturated heterocycles. The largest absolute Gasteiger partial charge is 0.477 e. The molecule has 2 heterocycles. The van der Waals surface area contributed by atoms with Crippen LogP contribution in [0.25, 0.3) is 22.2 Å². The summed E-state index contributed by atoms with van der Waals surface area (Å²) >= 11 is 0. The number of carboxylic acids is 1. The topological polar surface area (TPSA) is 77.2 Å². The fourth-order valence-electron chi connectivity index (χ4n) is 2.67. The molecule has 4 rings (SSSR count). The van der Waals surface area contributed by atoms with Gasteiger partial charge in [0.25, 0.3) is 0 Å². The number of pyridine rings is 1. The van der Waals surface area contributed by atoms with E-state index in [0.717, 1.165) is 35.0 Å². The SMILES string of the molecule is Cn1cnc2ccc(-c3cnc(OCC4CC4)c(C(=O)O)c3)cc21. The fraction of sp³-hybridized carbons (Fsp3) is 0.278. The van der Waals surface area contributed by atoms with Crippen molar-refractivity contribution in [3.8, 4) is 17.0 Å². The number of fused-ring (bicyclic) bond motifs is 1. The van der Waals surface area contributed by atoms with Gasteiger partial charge >= 0.3 is 5.97 Å². The van der Waals surface area contributed by atoms with Crippen LogP contribution in [0.1, 0.15) is 23.2 Å². The van der Waals surface area contributed by atoms with Gasteiger partial charge in [0, 0.05) is 18.8 Å². The van der Waals surface area contributed by atoms with Crippen LogP contribution in [0.4, 0.5) is 0 Å². The Labute approximate surface area is 138 Å². The summed E-state index contributed by atoms with van der Waals surface area (Å²) in [4.78, 5) is 20.1. The van der Waals surface area contributed by atoms with Crippen LogP contribution in [0.2, 0.25) is 0 Å². The van der Waals surface area contributed by atoms with Crippen molar-refractivity contribution in [2.75, 3.05) is 6.61 Å². The quantitative estimate of drug-likeness (QED) is 0.780. The lowest BCUT2D eigenvalue weighted by molar-refractivity contribution is 0.0691. The minimum absolute atomic E-state index is 0.0956. The standard InChI is InChI=1S/C18H17N3O3/c1-21-10-20-15-5-4-12(7-16(15)21)13-6-14(18(22)23)17(19-8-13)24-9-11-2-3-11/h4-8,10-11H,2-3,9H2,1H3,(H,22,23). The Bertz CT molecular complexity index is 928. The average molecular weight is 323 g/mol. The van der Waals surface area contributed by atoms with Gasteiger partial charge in [-0.15, -0.1) is 0 Å². The van der Waals surface area contributed by atoms with E-state index in [1.807, 2.05) is 29.8 Å². The number of aromatic carboxylic acids is 1. The van der Waals surface area contributed by atoms with Gasteiger partial charge in [0.15, 0.2) is 0 Å². The van der Waals surface area contributed by atoms with Crippen LogP contribution in [-0.2, 0) is 7.05 Å². The Kier molecular flexibility index (Phi) is 3.45. The average Bonchev–Trinajstić information content (AvgIpc) is 3.35. The molecule has 0 amide bonds. The summed E-state index contributed by atoms with van der Waals surface area (Å²) in [6.45, 7) is 0.535. The highest BCUT2D eigenvalue weighted by Crippen LogP contribution is 2.31. The molecule has 2 aromatic heterocycles. The molecule has 1 aliphatic rings. The van der Waals surface area contributed by atoms with Gasteiger partial charge in [0.05, 0.1) is 24.0 Å². The van der Waals surface area contributed by atoms with Crippen molar-refractivity contribution in [1.29, 1.82) is 0 Å². The third-order valence-electron chi connectivity index (χ3n) is 4.29. The lowest BCUT2D eigenvalue weighted by Gasteiger charge is -2.10. The highest BCUT2D eigenvalue weighted by molar-refractivity contribution is 5.92. The summed E-state index contributed by atoms with van der Waals surface area (Å²) in [6.07, 6.45) is 5.70. The van der Waals surface area contributed by atoms with Gasteiger partial charge < -0.3 is 14.4 Å². The number of ether oxygens (including phenoxy) is 1. The van der Waals surface area contributed by atoms with E-state index in [0.29, 0.717) is 12.5 Å². The smallest absolute Gasteiger partial charge is 0.341 e. The van der Waals surface area contributed by atoms with Crippen LogP contribution >= 0.6 is 0 Å². The highest BCUT2D eigenvalue weighted by atomic mass is 16.5. The number of aromatic nitrogens is 3. The van der Waals surface area contributed by atoms with E-state index in [2.05, 4.69) is 9.97 Å². The molecular weight excluding hydrogens is 306 g/mol. The van der Waals surface area contributed by atoms with Crippen molar-refractivity contribution in [3.05, 3.63) is 42.4 Å². The Hall–Kier alpha value is -2.89. The van der Waals surface area contributed by atoms with E-state index in [-0.39, 0.29) is 11.4 Å². The molecule has 1 saturated carbocycles. The number of hydrogen-bond acceptors (Lipinski definition) is 4. The molecule has 1 N–H and O–H groups in total. The molecule has 1 aromatic carbocycles. The molecular formula is C18H17N3O3. The maximum atomic E-state index is 11.6. The third-order valence-corrected chi connectivity index (χ3v) is 4.29. The van der Waals surface area contributed by atoms with E-state index in [1.165, 1.54) is 0 Å². The minimum atomic E-state index is -1.03. The fourth-order valence-corrected chi connectivity index (χ4v) is 2.67.